The van der Waals surface area contributed by atoms with Gasteiger partial charge in [0.25, 0.3) is 5.69 Å². The molecule has 1 N–H and O–H groups in total. The lowest BCUT2D eigenvalue weighted by atomic mass is 10.3. The molecule has 0 saturated carbocycles. The molecule has 0 aliphatic carbocycles. The fourth-order valence-corrected chi connectivity index (χ4v) is 2.19. The van der Waals surface area contributed by atoms with Crippen LogP contribution < -0.4 is 5.32 Å². The number of anilines is 1. The lowest BCUT2D eigenvalue weighted by Crippen LogP contribution is -2.08. The van der Waals surface area contributed by atoms with E-state index in [0.29, 0.717) is 17.4 Å². The van der Waals surface area contributed by atoms with Crippen LogP contribution in [0.2, 0.25) is 0 Å². The van der Waals surface area contributed by atoms with Crippen molar-refractivity contribution in [3.8, 4) is 0 Å². The summed E-state index contributed by atoms with van der Waals surface area (Å²) in [7, 11) is 0. The summed E-state index contributed by atoms with van der Waals surface area (Å²) in [4.78, 5) is 14.8. The van der Waals surface area contributed by atoms with Crippen LogP contribution in [0.15, 0.2) is 17.2 Å². The molecule has 0 saturated heterocycles. The molecule has 17 heavy (non-hydrogen) atoms. The van der Waals surface area contributed by atoms with Crippen molar-refractivity contribution in [3.63, 3.8) is 0 Å². The van der Waals surface area contributed by atoms with Crippen LogP contribution in [-0.2, 0) is 0 Å². The van der Waals surface area contributed by atoms with Crippen molar-refractivity contribution in [3.05, 3.63) is 22.2 Å². The molecule has 1 heterocycles. The number of hydrogen-bond acceptors (Lipinski definition) is 5. The number of nitrogens with one attached hydrogen (secondary N) is 1. The van der Waals surface area contributed by atoms with Crippen molar-refractivity contribution in [2.75, 3.05) is 11.9 Å². The van der Waals surface area contributed by atoms with Gasteiger partial charge in [0, 0.05) is 17.4 Å². The van der Waals surface area contributed by atoms with Crippen molar-refractivity contribution in [1.82, 2.24) is 4.98 Å². The molecule has 5 nitrogen and oxygen atoms in total. The Labute approximate surface area is 105 Å². The summed E-state index contributed by atoms with van der Waals surface area (Å²) in [6, 6.07) is 2.97. The predicted molar refractivity (Wildman–Crippen MR) is 70.7 cm³/mol. The first-order chi connectivity index (χ1) is 7.81. The van der Waals surface area contributed by atoms with Gasteiger partial charge in [-0.15, -0.1) is 11.8 Å². The first-order valence-electron chi connectivity index (χ1n) is 5.41. The molecule has 0 bridgehead atoms. The van der Waals surface area contributed by atoms with Crippen molar-refractivity contribution in [1.29, 1.82) is 0 Å². The van der Waals surface area contributed by atoms with Crippen molar-refractivity contribution < 1.29 is 4.92 Å². The largest absolute Gasteiger partial charge is 0.370 e. The van der Waals surface area contributed by atoms with E-state index >= 15 is 0 Å². The molecular weight excluding hydrogens is 238 g/mol. The molecule has 1 aromatic rings. The van der Waals surface area contributed by atoms with E-state index < -0.39 is 4.92 Å². The zero-order chi connectivity index (χ0) is 13.1. The first-order valence-corrected chi connectivity index (χ1v) is 6.23. The molecule has 0 aliphatic rings. The van der Waals surface area contributed by atoms with E-state index in [1.54, 1.807) is 0 Å². The second kappa shape index (κ2) is 5.35. The van der Waals surface area contributed by atoms with Crippen LogP contribution in [0.3, 0.4) is 0 Å². The fourth-order valence-electron chi connectivity index (χ4n) is 1.23. The van der Waals surface area contributed by atoms with Gasteiger partial charge in [-0.3, -0.25) is 10.1 Å². The van der Waals surface area contributed by atoms with E-state index in [2.05, 4.69) is 10.3 Å². The number of pyridine rings is 1. The minimum atomic E-state index is -0.394. The van der Waals surface area contributed by atoms with Gasteiger partial charge < -0.3 is 5.32 Å². The van der Waals surface area contributed by atoms with Crippen LogP contribution in [0.25, 0.3) is 0 Å². The number of aromatic nitrogens is 1. The molecule has 0 unspecified atom stereocenters. The minimum Gasteiger partial charge on any atom is -0.370 e. The summed E-state index contributed by atoms with van der Waals surface area (Å²) in [6.45, 7) is 8.76. The first kappa shape index (κ1) is 13.8. The van der Waals surface area contributed by atoms with Gasteiger partial charge >= 0.3 is 0 Å². The SMILES string of the molecule is CCNc1cc([N+](=O)[O-])cc(SC(C)(C)C)n1. The van der Waals surface area contributed by atoms with Gasteiger partial charge in [0.1, 0.15) is 10.8 Å². The van der Waals surface area contributed by atoms with Crippen molar-refractivity contribution in [2.24, 2.45) is 0 Å². The standard InChI is InChI=1S/C11H17N3O2S/c1-5-12-9-6-8(14(15)16)7-10(13-9)17-11(2,3)4/h6-7H,5H2,1-4H3,(H,12,13). The van der Waals surface area contributed by atoms with E-state index in [-0.39, 0.29) is 10.4 Å². The highest BCUT2D eigenvalue weighted by Crippen LogP contribution is 2.33. The van der Waals surface area contributed by atoms with Gasteiger partial charge in [-0.25, -0.2) is 4.98 Å². The number of nitrogens with zero attached hydrogens (tertiary/aromatic N) is 2. The summed E-state index contributed by atoms with van der Waals surface area (Å²) >= 11 is 1.52. The summed E-state index contributed by atoms with van der Waals surface area (Å²) < 4.78 is -0.0221. The molecule has 0 aromatic carbocycles. The van der Waals surface area contributed by atoms with Crippen LogP contribution in [0.5, 0.6) is 0 Å². The van der Waals surface area contributed by atoms with Gasteiger partial charge in [-0.2, -0.15) is 0 Å². The Hall–Kier alpha value is -1.30. The lowest BCUT2D eigenvalue weighted by Gasteiger charge is -2.17. The van der Waals surface area contributed by atoms with Crippen LogP contribution >= 0.6 is 11.8 Å². The van der Waals surface area contributed by atoms with Gasteiger partial charge in [0.05, 0.1) is 11.0 Å². The van der Waals surface area contributed by atoms with E-state index in [9.17, 15) is 10.1 Å². The van der Waals surface area contributed by atoms with E-state index in [1.807, 2.05) is 27.7 Å². The van der Waals surface area contributed by atoms with Gasteiger partial charge in [-0.1, -0.05) is 20.8 Å². The third-order valence-electron chi connectivity index (χ3n) is 1.77. The summed E-state index contributed by atoms with van der Waals surface area (Å²) in [6.07, 6.45) is 0. The summed E-state index contributed by atoms with van der Waals surface area (Å²) in [5.41, 5.74) is 0.0719. The van der Waals surface area contributed by atoms with Crippen molar-refractivity contribution >= 4 is 23.3 Å². The van der Waals surface area contributed by atoms with Gasteiger partial charge in [0.2, 0.25) is 0 Å². The number of rotatable bonds is 4. The zero-order valence-electron chi connectivity index (χ0n) is 10.5. The third kappa shape index (κ3) is 4.60. The van der Waals surface area contributed by atoms with E-state index in [1.165, 1.54) is 23.9 Å². The molecule has 1 rings (SSSR count). The minimum absolute atomic E-state index is 0.0221. The smallest absolute Gasteiger partial charge is 0.275 e. The highest BCUT2D eigenvalue weighted by molar-refractivity contribution is 8.00. The molecule has 0 fully saturated rings. The van der Waals surface area contributed by atoms with Crippen LogP contribution in [0.1, 0.15) is 27.7 Å². The quantitative estimate of drug-likeness (QED) is 0.508. The topological polar surface area (TPSA) is 68.1 Å². The lowest BCUT2D eigenvalue weighted by molar-refractivity contribution is -0.385. The third-order valence-corrected chi connectivity index (χ3v) is 2.80. The van der Waals surface area contributed by atoms with Crippen molar-refractivity contribution in [2.45, 2.75) is 37.5 Å². The number of hydrogen-bond donors (Lipinski definition) is 1. The second-order valence-electron chi connectivity index (χ2n) is 4.55. The summed E-state index contributed by atoms with van der Waals surface area (Å²) in [5.74, 6) is 0.549. The Morgan fingerprint density at radius 2 is 2.12 bits per heavy atom. The Morgan fingerprint density at radius 1 is 1.47 bits per heavy atom. The van der Waals surface area contributed by atoms with Gasteiger partial charge in [-0.05, 0) is 6.92 Å². The molecule has 1 aromatic heterocycles. The Morgan fingerprint density at radius 3 is 2.59 bits per heavy atom. The molecule has 0 radical (unpaired) electrons. The highest BCUT2D eigenvalue weighted by Gasteiger charge is 2.17. The van der Waals surface area contributed by atoms with E-state index in [0.717, 1.165) is 0 Å². The number of nitro groups is 1. The Balaban J connectivity index is 3.07. The molecule has 0 spiro atoms. The molecule has 94 valence electrons. The predicted octanol–water partition coefficient (Wildman–Crippen LogP) is 3.31. The molecule has 6 heteroatoms. The maximum atomic E-state index is 10.8. The fraction of sp³-hybridized carbons (Fsp3) is 0.545. The molecule has 0 aliphatic heterocycles. The molecule has 0 amide bonds. The Bertz CT molecular complexity index is 416. The maximum Gasteiger partial charge on any atom is 0.275 e. The van der Waals surface area contributed by atoms with Crippen LogP contribution in [-0.4, -0.2) is 21.2 Å². The molecular formula is C11H17N3O2S. The zero-order valence-corrected chi connectivity index (χ0v) is 11.3. The van der Waals surface area contributed by atoms with Gasteiger partial charge in [0.15, 0.2) is 0 Å². The van der Waals surface area contributed by atoms with Crippen LogP contribution in [0.4, 0.5) is 11.5 Å². The summed E-state index contributed by atoms with van der Waals surface area (Å²) in [5, 5.41) is 14.5. The van der Waals surface area contributed by atoms with Crippen LogP contribution in [0, 0.1) is 10.1 Å². The maximum absolute atomic E-state index is 10.8. The average molecular weight is 255 g/mol. The normalized spacial score (nSPS) is 11.3. The second-order valence-corrected chi connectivity index (χ2v) is 6.40. The molecule has 0 atom stereocenters. The highest BCUT2D eigenvalue weighted by atomic mass is 32.2. The van der Waals surface area contributed by atoms with E-state index in [4.69, 9.17) is 0 Å². The average Bonchev–Trinajstić information content (AvgIpc) is 2.14. The monoisotopic (exact) mass is 255 g/mol. The number of thioether (sulfide) groups is 1. The Kier molecular flexibility index (Phi) is 4.34.